The van der Waals surface area contributed by atoms with Crippen LogP contribution in [0.15, 0.2) is 35.2 Å². The lowest BCUT2D eigenvalue weighted by molar-refractivity contribution is 0.660. The third-order valence-electron chi connectivity index (χ3n) is 1.27. The van der Waals surface area contributed by atoms with Gasteiger partial charge in [0.25, 0.3) is 0 Å². The summed E-state index contributed by atoms with van der Waals surface area (Å²) < 4.78 is 12.6. The molecule has 0 heterocycles. The maximum atomic E-state index is 12.6. The van der Waals surface area contributed by atoms with Crippen LogP contribution in [-0.4, -0.2) is 0 Å². The van der Waals surface area contributed by atoms with Crippen molar-refractivity contribution in [1.82, 2.24) is 0 Å². The van der Waals surface area contributed by atoms with Crippen molar-refractivity contribution in [3.63, 3.8) is 0 Å². The minimum atomic E-state index is -0.402. The van der Waals surface area contributed by atoms with Crippen molar-refractivity contribution in [3.8, 4) is 0 Å². The zero-order valence-electron chi connectivity index (χ0n) is 6.82. The number of hydrogen-bond donors (Lipinski definition) is 0. The van der Waals surface area contributed by atoms with E-state index in [9.17, 15) is 4.39 Å². The number of allylic oxidation sites excluding steroid dienone is 5. The summed E-state index contributed by atoms with van der Waals surface area (Å²) in [6.45, 7) is 7.21. The molecule has 0 unspecified atom stereocenters. The van der Waals surface area contributed by atoms with Gasteiger partial charge in [-0.2, -0.15) is 0 Å². The average Bonchev–Trinajstić information content (AvgIpc) is 2.02. The van der Waals surface area contributed by atoms with Crippen molar-refractivity contribution in [2.75, 3.05) is 0 Å². The van der Waals surface area contributed by atoms with Crippen molar-refractivity contribution in [1.29, 1.82) is 0 Å². The predicted octanol–water partition coefficient (Wildman–Crippen LogP) is 3.95. The summed E-state index contributed by atoms with van der Waals surface area (Å²) in [5.41, 5.74) is 0.826. The van der Waals surface area contributed by atoms with E-state index >= 15 is 0 Å². The second-order valence-corrected chi connectivity index (χ2v) is 2.55. The molecule has 0 saturated heterocycles. The fraction of sp³-hybridized carbons (Fsp3) is 0.333. The highest BCUT2D eigenvalue weighted by Gasteiger charge is 1.98. The molecule has 0 aliphatic heterocycles. The van der Waals surface area contributed by atoms with E-state index in [1.807, 2.05) is 6.92 Å². The molecule has 0 bridgehead atoms. The van der Waals surface area contributed by atoms with Gasteiger partial charge in [0, 0.05) is 0 Å². The predicted molar refractivity (Wildman–Crippen MR) is 48.2 cm³/mol. The quantitative estimate of drug-likeness (QED) is 0.569. The molecule has 0 aromatic heterocycles. The summed E-state index contributed by atoms with van der Waals surface area (Å²) in [5, 5.41) is 0.124. The van der Waals surface area contributed by atoms with Gasteiger partial charge >= 0.3 is 0 Å². The first-order valence-corrected chi connectivity index (χ1v) is 3.86. The lowest BCUT2D eigenvalue weighted by Gasteiger charge is -1.95. The molecule has 0 saturated carbocycles. The van der Waals surface area contributed by atoms with Crippen LogP contribution in [0.5, 0.6) is 0 Å². The molecule has 0 aliphatic carbocycles. The van der Waals surface area contributed by atoms with E-state index in [1.165, 1.54) is 12.2 Å². The fourth-order valence-corrected chi connectivity index (χ4v) is 0.752. The molecule has 0 radical (unpaired) electrons. The van der Waals surface area contributed by atoms with Gasteiger partial charge in [-0.3, -0.25) is 0 Å². The fourth-order valence-electron chi connectivity index (χ4n) is 0.488. The molecule has 0 atom stereocenters. The largest absolute Gasteiger partial charge is 0.206 e. The van der Waals surface area contributed by atoms with E-state index in [4.69, 9.17) is 11.6 Å². The molecule has 0 aromatic carbocycles. The van der Waals surface area contributed by atoms with Crippen LogP contribution in [0.1, 0.15) is 20.3 Å². The highest BCUT2D eigenvalue weighted by Crippen LogP contribution is 2.18. The monoisotopic (exact) mass is 174 g/mol. The molecule has 0 N–H and O–H groups in total. The Hall–Kier alpha value is -0.560. The van der Waals surface area contributed by atoms with Crippen molar-refractivity contribution >= 4 is 11.6 Å². The van der Waals surface area contributed by atoms with E-state index in [0.29, 0.717) is 0 Å². The molecule has 0 spiro atoms. The Labute approximate surface area is 72.1 Å². The Bertz CT molecular complexity index is 202. The van der Waals surface area contributed by atoms with Gasteiger partial charge in [-0.1, -0.05) is 36.8 Å². The first-order chi connectivity index (χ1) is 5.11. The third kappa shape index (κ3) is 3.99. The Kier molecular flexibility index (Phi) is 4.88. The van der Waals surface area contributed by atoms with E-state index in [0.717, 1.165) is 12.0 Å². The van der Waals surface area contributed by atoms with Crippen LogP contribution in [0.25, 0.3) is 0 Å². The Morgan fingerprint density at radius 2 is 2.18 bits per heavy atom. The van der Waals surface area contributed by atoms with Gasteiger partial charge in [-0.05, 0) is 19.4 Å². The summed E-state index contributed by atoms with van der Waals surface area (Å²) in [5.74, 6) is -0.402. The molecule has 0 aliphatic rings. The average molecular weight is 175 g/mol. The molecule has 11 heavy (non-hydrogen) atoms. The van der Waals surface area contributed by atoms with Crippen LogP contribution in [0.4, 0.5) is 4.39 Å². The summed E-state index contributed by atoms with van der Waals surface area (Å²) in [6.07, 6.45) is 3.64. The summed E-state index contributed by atoms with van der Waals surface area (Å²) >= 11 is 5.56. The second-order valence-electron chi connectivity index (χ2n) is 2.14. The number of rotatable bonds is 3. The third-order valence-corrected chi connectivity index (χ3v) is 1.56. The molecular weight excluding hydrogens is 163 g/mol. The molecule has 0 fully saturated rings. The van der Waals surface area contributed by atoms with Gasteiger partial charge in [0.15, 0.2) is 0 Å². The maximum Gasteiger partial charge on any atom is 0.137 e. The highest BCUT2D eigenvalue weighted by molar-refractivity contribution is 6.31. The van der Waals surface area contributed by atoms with Crippen molar-refractivity contribution < 1.29 is 4.39 Å². The Morgan fingerprint density at radius 1 is 1.64 bits per heavy atom. The Morgan fingerprint density at radius 3 is 2.55 bits per heavy atom. The van der Waals surface area contributed by atoms with Crippen molar-refractivity contribution in [2.45, 2.75) is 20.3 Å². The highest BCUT2D eigenvalue weighted by atomic mass is 35.5. The zero-order valence-corrected chi connectivity index (χ0v) is 7.58. The lowest BCUT2D eigenvalue weighted by Crippen LogP contribution is -1.76. The standard InChI is InChI=1S/C9H12ClF/c1-4-7(3)6-8(10)9(11)5-2/h5-6H,3-4H2,1-2H3. The molecule has 62 valence electrons. The molecule has 0 aromatic rings. The van der Waals surface area contributed by atoms with Crippen molar-refractivity contribution in [3.05, 3.63) is 35.2 Å². The normalized spacial score (nSPS) is 13.5. The van der Waals surface area contributed by atoms with E-state index in [2.05, 4.69) is 6.58 Å². The molecule has 0 rings (SSSR count). The van der Waals surface area contributed by atoms with E-state index in [-0.39, 0.29) is 5.03 Å². The summed E-state index contributed by atoms with van der Waals surface area (Å²) in [6, 6.07) is 0. The molecule has 0 amide bonds. The summed E-state index contributed by atoms with van der Waals surface area (Å²) in [4.78, 5) is 0. The second kappa shape index (κ2) is 5.14. The molecule has 2 heteroatoms. The first-order valence-electron chi connectivity index (χ1n) is 3.49. The van der Waals surface area contributed by atoms with Crippen LogP contribution in [0, 0.1) is 0 Å². The van der Waals surface area contributed by atoms with Crippen LogP contribution in [-0.2, 0) is 0 Å². The smallest absolute Gasteiger partial charge is 0.137 e. The van der Waals surface area contributed by atoms with Gasteiger partial charge in [-0.25, -0.2) is 4.39 Å². The minimum absolute atomic E-state index is 0.124. The van der Waals surface area contributed by atoms with Gasteiger partial charge in [0.05, 0.1) is 5.03 Å². The van der Waals surface area contributed by atoms with Crippen LogP contribution >= 0.6 is 11.6 Å². The topological polar surface area (TPSA) is 0 Å². The number of hydrogen-bond acceptors (Lipinski definition) is 0. The van der Waals surface area contributed by atoms with Crippen LogP contribution < -0.4 is 0 Å². The van der Waals surface area contributed by atoms with Gasteiger partial charge < -0.3 is 0 Å². The van der Waals surface area contributed by atoms with Crippen molar-refractivity contribution in [2.24, 2.45) is 0 Å². The maximum absolute atomic E-state index is 12.6. The number of halogens is 2. The minimum Gasteiger partial charge on any atom is -0.206 e. The van der Waals surface area contributed by atoms with Crippen LogP contribution in [0.3, 0.4) is 0 Å². The Balaban J connectivity index is 4.34. The molecule has 0 nitrogen and oxygen atoms in total. The van der Waals surface area contributed by atoms with Gasteiger partial charge in [0.2, 0.25) is 0 Å². The lowest BCUT2D eigenvalue weighted by atomic mass is 10.2. The SMILES string of the molecule is C=C(C=C(Cl)C(F)=CC)CC. The first kappa shape index (κ1) is 10.4. The van der Waals surface area contributed by atoms with Gasteiger partial charge in [-0.15, -0.1) is 0 Å². The zero-order chi connectivity index (χ0) is 8.85. The van der Waals surface area contributed by atoms with Gasteiger partial charge in [0.1, 0.15) is 5.83 Å². The molecular formula is C9H12ClF. The van der Waals surface area contributed by atoms with E-state index < -0.39 is 5.83 Å². The van der Waals surface area contributed by atoms with Crippen LogP contribution in [0.2, 0.25) is 0 Å². The summed E-state index contributed by atoms with van der Waals surface area (Å²) in [7, 11) is 0. The van der Waals surface area contributed by atoms with E-state index in [1.54, 1.807) is 6.92 Å².